The smallest absolute Gasteiger partial charge is 0.315 e. The summed E-state index contributed by atoms with van der Waals surface area (Å²) in [6.45, 7) is 7.06. The molecule has 0 fully saturated rings. The highest BCUT2D eigenvalue weighted by molar-refractivity contribution is 5.02. The third-order valence-corrected chi connectivity index (χ3v) is 3.35. The SMILES string of the molecule is CCNCC(C)N1CCn2c(nnc2C(F)(F)F)C1. The van der Waals surface area contributed by atoms with Gasteiger partial charge in [-0.15, -0.1) is 10.2 Å². The maximum absolute atomic E-state index is 12.7. The van der Waals surface area contributed by atoms with E-state index in [1.807, 2.05) is 6.92 Å². The van der Waals surface area contributed by atoms with Crippen LogP contribution < -0.4 is 5.32 Å². The quantitative estimate of drug-likeness (QED) is 0.895. The average molecular weight is 277 g/mol. The standard InChI is InChI=1S/C11H18F3N5/c1-3-15-6-8(2)18-4-5-19-9(7-18)16-17-10(19)11(12,13)14/h8,15H,3-7H2,1-2H3. The Balaban J connectivity index is 2.07. The van der Waals surface area contributed by atoms with Gasteiger partial charge in [0.25, 0.3) is 0 Å². The van der Waals surface area contributed by atoms with E-state index in [1.165, 1.54) is 4.57 Å². The molecule has 0 aromatic carbocycles. The Bertz CT molecular complexity index is 428. The lowest BCUT2D eigenvalue weighted by atomic mass is 10.2. The van der Waals surface area contributed by atoms with Gasteiger partial charge in [0.2, 0.25) is 5.82 Å². The molecule has 0 saturated heterocycles. The minimum Gasteiger partial charge on any atom is -0.315 e. The van der Waals surface area contributed by atoms with Gasteiger partial charge in [0.1, 0.15) is 5.82 Å². The van der Waals surface area contributed by atoms with Crippen LogP contribution in [-0.4, -0.2) is 45.3 Å². The molecule has 1 aromatic heterocycles. The molecule has 5 nitrogen and oxygen atoms in total. The summed E-state index contributed by atoms with van der Waals surface area (Å²) < 4.78 is 39.2. The van der Waals surface area contributed by atoms with Gasteiger partial charge < -0.3 is 9.88 Å². The first kappa shape index (κ1) is 14.3. The maximum atomic E-state index is 12.7. The average Bonchev–Trinajstić information content (AvgIpc) is 2.78. The molecule has 8 heteroatoms. The lowest BCUT2D eigenvalue weighted by Gasteiger charge is -2.32. The van der Waals surface area contributed by atoms with Crippen LogP contribution in [0.2, 0.25) is 0 Å². The summed E-state index contributed by atoms with van der Waals surface area (Å²) in [4.78, 5) is 2.12. The second-order valence-corrected chi connectivity index (χ2v) is 4.72. The van der Waals surface area contributed by atoms with Crippen molar-refractivity contribution < 1.29 is 13.2 Å². The molecule has 19 heavy (non-hydrogen) atoms. The molecule has 1 N–H and O–H groups in total. The highest BCUT2D eigenvalue weighted by atomic mass is 19.4. The van der Waals surface area contributed by atoms with E-state index in [0.29, 0.717) is 18.9 Å². The highest BCUT2D eigenvalue weighted by Gasteiger charge is 2.39. The number of aromatic nitrogens is 3. The molecule has 0 spiro atoms. The predicted octanol–water partition coefficient (Wildman–Crippen LogP) is 1.11. The Morgan fingerprint density at radius 1 is 1.32 bits per heavy atom. The Hall–Kier alpha value is -1.15. The van der Waals surface area contributed by atoms with E-state index in [2.05, 4.69) is 27.3 Å². The molecular formula is C11H18F3N5. The number of rotatable bonds is 4. The maximum Gasteiger partial charge on any atom is 0.451 e. The van der Waals surface area contributed by atoms with Crippen molar-refractivity contribution in [2.45, 2.75) is 39.2 Å². The number of hydrogen-bond acceptors (Lipinski definition) is 4. The molecule has 0 radical (unpaired) electrons. The van der Waals surface area contributed by atoms with Gasteiger partial charge in [-0.05, 0) is 13.5 Å². The van der Waals surface area contributed by atoms with Crippen LogP contribution in [0.1, 0.15) is 25.5 Å². The molecule has 1 aliphatic heterocycles. The van der Waals surface area contributed by atoms with E-state index in [-0.39, 0.29) is 12.6 Å². The van der Waals surface area contributed by atoms with Gasteiger partial charge in [-0.3, -0.25) is 4.90 Å². The van der Waals surface area contributed by atoms with Gasteiger partial charge in [-0.25, -0.2) is 0 Å². The number of alkyl halides is 3. The van der Waals surface area contributed by atoms with Crippen molar-refractivity contribution >= 4 is 0 Å². The zero-order chi connectivity index (χ0) is 14.0. The van der Waals surface area contributed by atoms with Crippen molar-refractivity contribution in [1.82, 2.24) is 25.0 Å². The van der Waals surface area contributed by atoms with E-state index in [1.54, 1.807) is 0 Å². The molecule has 0 aliphatic carbocycles. The van der Waals surface area contributed by atoms with Gasteiger partial charge in [-0.2, -0.15) is 13.2 Å². The topological polar surface area (TPSA) is 46.0 Å². The minimum absolute atomic E-state index is 0.264. The van der Waals surface area contributed by atoms with E-state index >= 15 is 0 Å². The second kappa shape index (κ2) is 5.46. The molecule has 2 heterocycles. The number of hydrogen-bond donors (Lipinski definition) is 1. The third-order valence-electron chi connectivity index (χ3n) is 3.35. The van der Waals surface area contributed by atoms with Crippen LogP contribution in [0.4, 0.5) is 13.2 Å². The van der Waals surface area contributed by atoms with Crippen molar-refractivity contribution in [2.24, 2.45) is 0 Å². The van der Waals surface area contributed by atoms with Gasteiger partial charge in [0.05, 0.1) is 6.54 Å². The number of halogens is 3. The first-order valence-electron chi connectivity index (χ1n) is 6.37. The highest BCUT2D eigenvalue weighted by Crippen LogP contribution is 2.29. The van der Waals surface area contributed by atoms with Gasteiger partial charge in [-0.1, -0.05) is 6.92 Å². The molecule has 2 rings (SSSR count). The third kappa shape index (κ3) is 3.06. The monoisotopic (exact) mass is 277 g/mol. The number of likely N-dealkylation sites (N-methyl/N-ethyl adjacent to an activating group) is 1. The summed E-state index contributed by atoms with van der Waals surface area (Å²) in [6, 6.07) is 0.264. The van der Waals surface area contributed by atoms with Crippen LogP contribution in [-0.2, 0) is 19.3 Å². The zero-order valence-corrected chi connectivity index (χ0v) is 11.0. The largest absolute Gasteiger partial charge is 0.451 e. The normalized spacial score (nSPS) is 18.4. The Labute approximate surface area is 109 Å². The van der Waals surface area contributed by atoms with Crippen LogP contribution in [0.5, 0.6) is 0 Å². The van der Waals surface area contributed by atoms with Crippen LogP contribution in [0.15, 0.2) is 0 Å². The Kier molecular flexibility index (Phi) is 4.10. The predicted molar refractivity (Wildman–Crippen MR) is 63.4 cm³/mol. The molecule has 0 amide bonds. The molecule has 1 aliphatic rings. The molecule has 108 valence electrons. The summed E-state index contributed by atoms with van der Waals surface area (Å²) in [5.74, 6) is -0.497. The molecule has 1 unspecified atom stereocenters. The van der Waals surface area contributed by atoms with Crippen LogP contribution in [0.3, 0.4) is 0 Å². The molecular weight excluding hydrogens is 259 g/mol. The Morgan fingerprint density at radius 2 is 2.05 bits per heavy atom. The fourth-order valence-corrected chi connectivity index (χ4v) is 2.24. The summed E-state index contributed by atoms with van der Waals surface area (Å²) in [7, 11) is 0. The van der Waals surface area contributed by atoms with Crippen molar-refractivity contribution in [3.8, 4) is 0 Å². The van der Waals surface area contributed by atoms with E-state index in [9.17, 15) is 13.2 Å². The summed E-state index contributed by atoms with van der Waals surface area (Å²) in [5, 5.41) is 10.2. The second-order valence-electron chi connectivity index (χ2n) is 4.72. The minimum atomic E-state index is -4.43. The van der Waals surface area contributed by atoms with E-state index < -0.39 is 12.0 Å². The van der Waals surface area contributed by atoms with Crippen molar-refractivity contribution in [3.63, 3.8) is 0 Å². The fourth-order valence-electron chi connectivity index (χ4n) is 2.24. The van der Waals surface area contributed by atoms with Gasteiger partial charge in [0, 0.05) is 25.7 Å². The number of fused-ring (bicyclic) bond motifs is 1. The van der Waals surface area contributed by atoms with Crippen LogP contribution >= 0.6 is 0 Å². The van der Waals surface area contributed by atoms with Gasteiger partial charge >= 0.3 is 6.18 Å². The summed E-state index contributed by atoms with van der Waals surface area (Å²) >= 11 is 0. The lowest BCUT2D eigenvalue weighted by Crippen LogP contribution is -2.45. The molecule has 1 atom stereocenters. The molecule has 1 aromatic rings. The molecule has 0 bridgehead atoms. The van der Waals surface area contributed by atoms with Crippen molar-refractivity contribution in [2.75, 3.05) is 19.6 Å². The summed E-state index contributed by atoms with van der Waals surface area (Å²) in [6.07, 6.45) is -4.43. The van der Waals surface area contributed by atoms with E-state index in [4.69, 9.17) is 0 Å². The first-order chi connectivity index (χ1) is 8.93. The Morgan fingerprint density at radius 3 is 2.68 bits per heavy atom. The fraction of sp³-hybridized carbons (Fsp3) is 0.818. The lowest BCUT2D eigenvalue weighted by molar-refractivity contribution is -0.148. The van der Waals surface area contributed by atoms with Crippen LogP contribution in [0.25, 0.3) is 0 Å². The van der Waals surface area contributed by atoms with Crippen LogP contribution in [0, 0.1) is 0 Å². The molecule has 0 saturated carbocycles. The number of nitrogens with one attached hydrogen (secondary N) is 1. The van der Waals surface area contributed by atoms with Crippen molar-refractivity contribution in [3.05, 3.63) is 11.6 Å². The number of nitrogens with zero attached hydrogens (tertiary/aromatic N) is 4. The van der Waals surface area contributed by atoms with Gasteiger partial charge in [0.15, 0.2) is 0 Å². The van der Waals surface area contributed by atoms with Crippen molar-refractivity contribution in [1.29, 1.82) is 0 Å². The first-order valence-corrected chi connectivity index (χ1v) is 6.37. The van der Waals surface area contributed by atoms with E-state index in [0.717, 1.165) is 13.1 Å². The zero-order valence-electron chi connectivity index (χ0n) is 11.0. The summed E-state index contributed by atoms with van der Waals surface area (Å²) in [5.41, 5.74) is 0.